The van der Waals surface area contributed by atoms with Crippen LogP contribution in [0.15, 0.2) is 0 Å². The van der Waals surface area contributed by atoms with E-state index in [4.69, 9.17) is 6.42 Å². The molecular formula is C33H65ClIN. The van der Waals surface area contributed by atoms with E-state index in [2.05, 4.69) is 49.3 Å². The molecule has 0 saturated heterocycles. The molecule has 0 aromatic carbocycles. The molecule has 0 amide bonds. The predicted octanol–water partition coefficient (Wildman–Crippen LogP) is 8.62. The number of alkyl halides is 1. The van der Waals surface area contributed by atoms with Crippen molar-refractivity contribution >= 4 is 22.6 Å². The van der Waals surface area contributed by atoms with Crippen molar-refractivity contribution in [3.63, 3.8) is 0 Å². The number of hydrogen-bond acceptors (Lipinski definition) is 0. The van der Waals surface area contributed by atoms with Crippen molar-refractivity contribution in [2.75, 3.05) is 19.6 Å². The van der Waals surface area contributed by atoms with E-state index in [0.717, 1.165) is 6.54 Å². The topological polar surface area (TPSA) is 0 Å². The van der Waals surface area contributed by atoms with Gasteiger partial charge in [-0.1, -0.05) is 136 Å². The van der Waals surface area contributed by atoms with E-state index in [1.54, 1.807) is 0 Å². The van der Waals surface area contributed by atoms with Crippen LogP contribution in [0.4, 0.5) is 0 Å². The van der Waals surface area contributed by atoms with Gasteiger partial charge < -0.3 is 16.9 Å². The molecule has 36 heavy (non-hydrogen) atoms. The minimum atomic E-state index is 0. The second-order valence-electron chi connectivity index (χ2n) is 11.3. The van der Waals surface area contributed by atoms with Gasteiger partial charge in [-0.25, -0.2) is 0 Å². The second kappa shape index (κ2) is 30.1. The van der Waals surface area contributed by atoms with Crippen LogP contribution in [-0.4, -0.2) is 28.2 Å². The van der Waals surface area contributed by atoms with Gasteiger partial charge in [0.05, 0.1) is 13.1 Å². The SMILES string of the molecule is C#CC[N+](CCCCCCCCC)(CCCCCCCCC)C(I)CCCCCCCCCCC.[Cl-]. The molecule has 0 saturated carbocycles. The molecule has 0 aromatic heterocycles. The Morgan fingerprint density at radius 3 is 1.17 bits per heavy atom. The molecule has 0 aromatic rings. The Bertz CT molecular complexity index is 443. The maximum Gasteiger partial charge on any atom is 0.141 e. The first-order valence-electron chi connectivity index (χ1n) is 16.1. The van der Waals surface area contributed by atoms with Gasteiger partial charge in [0.25, 0.3) is 0 Å². The molecule has 1 atom stereocenters. The maximum absolute atomic E-state index is 6.00. The highest BCUT2D eigenvalue weighted by atomic mass is 127. The van der Waals surface area contributed by atoms with Crippen molar-refractivity contribution in [3.05, 3.63) is 0 Å². The second-order valence-corrected chi connectivity index (χ2v) is 12.8. The van der Waals surface area contributed by atoms with Gasteiger partial charge >= 0.3 is 0 Å². The largest absolute Gasteiger partial charge is 1.00 e. The lowest BCUT2D eigenvalue weighted by atomic mass is 10.0. The Kier molecular flexibility index (Phi) is 32.3. The normalized spacial score (nSPS) is 12.3. The quantitative estimate of drug-likeness (QED) is 0.0201. The fourth-order valence-corrected chi connectivity index (χ4v) is 6.69. The molecule has 216 valence electrons. The molecule has 0 aliphatic heterocycles. The van der Waals surface area contributed by atoms with E-state index < -0.39 is 0 Å². The number of unbranched alkanes of at least 4 members (excludes halogenated alkanes) is 20. The maximum atomic E-state index is 6.00. The van der Waals surface area contributed by atoms with E-state index in [0.29, 0.717) is 4.05 Å². The monoisotopic (exact) mass is 637 g/mol. The lowest BCUT2D eigenvalue weighted by Gasteiger charge is -2.42. The lowest BCUT2D eigenvalue weighted by molar-refractivity contribution is -0.928. The number of halogens is 2. The van der Waals surface area contributed by atoms with E-state index in [1.807, 2.05) is 0 Å². The van der Waals surface area contributed by atoms with Crippen LogP contribution in [-0.2, 0) is 0 Å². The summed E-state index contributed by atoms with van der Waals surface area (Å²) in [6, 6.07) is 0. The highest BCUT2D eigenvalue weighted by Gasteiger charge is 2.33. The van der Waals surface area contributed by atoms with E-state index in [9.17, 15) is 0 Å². The summed E-state index contributed by atoms with van der Waals surface area (Å²) in [5.41, 5.74) is 0. The van der Waals surface area contributed by atoms with Crippen LogP contribution in [0.3, 0.4) is 0 Å². The molecule has 0 N–H and O–H groups in total. The summed E-state index contributed by atoms with van der Waals surface area (Å²) in [6.45, 7) is 10.5. The summed E-state index contributed by atoms with van der Waals surface area (Å²) in [6.07, 6.45) is 39.7. The zero-order valence-corrected chi connectivity index (χ0v) is 27.9. The summed E-state index contributed by atoms with van der Waals surface area (Å²) >= 11 is 2.80. The van der Waals surface area contributed by atoms with Crippen LogP contribution in [0.25, 0.3) is 0 Å². The Morgan fingerprint density at radius 2 is 0.833 bits per heavy atom. The molecule has 1 unspecified atom stereocenters. The first-order chi connectivity index (χ1) is 17.2. The first kappa shape index (κ1) is 38.7. The molecule has 0 rings (SSSR count). The average Bonchev–Trinajstić information content (AvgIpc) is 2.86. The predicted molar refractivity (Wildman–Crippen MR) is 169 cm³/mol. The molecule has 1 nitrogen and oxygen atoms in total. The summed E-state index contributed by atoms with van der Waals surface area (Å²) < 4.78 is 1.88. The zero-order chi connectivity index (χ0) is 25.9. The highest BCUT2D eigenvalue weighted by Crippen LogP contribution is 2.28. The molecule has 0 fully saturated rings. The Labute approximate surface area is 249 Å². The van der Waals surface area contributed by atoms with Gasteiger partial charge in [0.15, 0.2) is 0 Å². The highest BCUT2D eigenvalue weighted by molar-refractivity contribution is 14.1. The van der Waals surface area contributed by atoms with Crippen molar-refractivity contribution in [1.82, 2.24) is 0 Å². The van der Waals surface area contributed by atoms with E-state index in [-0.39, 0.29) is 12.4 Å². The van der Waals surface area contributed by atoms with Crippen molar-refractivity contribution < 1.29 is 16.9 Å². The summed E-state index contributed by atoms with van der Waals surface area (Å²) in [4.78, 5) is 0. The van der Waals surface area contributed by atoms with Crippen molar-refractivity contribution in [1.29, 1.82) is 0 Å². The molecule has 0 aliphatic rings. The summed E-state index contributed by atoms with van der Waals surface area (Å²) in [7, 11) is 0. The third-order valence-corrected chi connectivity index (χ3v) is 9.76. The number of terminal acetylenes is 1. The lowest BCUT2D eigenvalue weighted by Crippen LogP contribution is -3.00. The number of quaternary nitrogens is 1. The van der Waals surface area contributed by atoms with Crippen LogP contribution < -0.4 is 12.4 Å². The third-order valence-electron chi connectivity index (χ3n) is 7.96. The zero-order valence-electron chi connectivity index (χ0n) is 24.9. The Balaban J connectivity index is 0. The standard InChI is InChI=1S/C33H65IN.ClH/c1-5-9-12-15-18-19-20-23-26-29-33(34)35(30-8-4,31-27-24-21-16-13-10-6-2)32-28-25-22-17-14-11-7-3;/h4,33H,5-7,9-32H2,1-3H3;1H/q+1;/p-1. The van der Waals surface area contributed by atoms with Gasteiger partial charge in [0, 0.05) is 6.42 Å². The number of hydrogen-bond donors (Lipinski definition) is 0. The molecule has 3 heteroatoms. The fraction of sp³-hybridized carbons (Fsp3) is 0.939. The van der Waals surface area contributed by atoms with Gasteiger partial charge in [0.1, 0.15) is 10.6 Å². The minimum Gasteiger partial charge on any atom is -1.00 e. The fourth-order valence-electron chi connectivity index (χ4n) is 5.50. The van der Waals surface area contributed by atoms with Crippen molar-refractivity contribution in [2.24, 2.45) is 0 Å². The van der Waals surface area contributed by atoms with Crippen molar-refractivity contribution in [3.8, 4) is 12.3 Å². The molecule has 0 heterocycles. The molecule has 0 aliphatic carbocycles. The van der Waals surface area contributed by atoms with E-state index in [1.165, 1.54) is 172 Å². The summed E-state index contributed by atoms with van der Waals surface area (Å²) in [5, 5.41) is 0. The molecule has 0 spiro atoms. The minimum absolute atomic E-state index is 0. The molecular weight excluding hydrogens is 573 g/mol. The van der Waals surface area contributed by atoms with Gasteiger partial charge in [-0.3, -0.25) is 0 Å². The number of rotatable bonds is 28. The Morgan fingerprint density at radius 1 is 0.528 bits per heavy atom. The number of nitrogens with zero attached hydrogens (tertiary/aromatic N) is 1. The van der Waals surface area contributed by atoms with Gasteiger partial charge in [-0.15, -0.1) is 6.42 Å². The average molecular weight is 638 g/mol. The Hall–Kier alpha value is 0.540. The van der Waals surface area contributed by atoms with Crippen LogP contribution in [0.2, 0.25) is 0 Å². The third kappa shape index (κ3) is 22.5. The van der Waals surface area contributed by atoms with Crippen LogP contribution >= 0.6 is 22.6 Å². The van der Waals surface area contributed by atoms with Gasteiger partial charge in [-0.2, -0.15) is 0 Å². The van der Waals surface area contributed by atoms with Gasteiger partial charge in [0.2, 0.25) is 0 Å². The first-order valence-corrected chi connectivity index (χ1v) is 17.3. The molecule has 0 bridgehead atoms. The smallest absolute Gasteiger partial charge is 0.141 e. The van der Waals surface area contributed by atoms with Crippen LogP contribution in [0, 0.1) is 12.3 Å². The van der Waals surface area contributed by atoms with E-state index >= 15 is 0 Å². The molecule has 0 radical (unpaired) electrons. The van der Waals surface area contributed by atoms with Gasteiger partial charge in [-0.05, 0) is 60.6 Å². The summed E-state index contributed by atoms with van der Waals surface area (Å²) in [5.74, 6) is 3.13. The van der Waals surface area contributed by atoms with Crippen LogP contribution in [0.1, 0.15) is 175 Å². The van der Waals surface area contributed by atoms with Crippen LogP contribution in [0.5, 0.6) is 0 Å². The van der Waals surface area contributed by atoms with Crippen molar-refractivity contribution in [2.45, 2.75) is 179 Å².